The first kappa shape index (κ1) is 28.3. The van der Waals surface area contributed by atoms with Crippen LogP contribution in [0.2, 0.25) is 0 Å². The SMILES string of the molecule is C=CC(=O)OC1CCc2c(-c3cc(C)c(-c4cccc(OC(=O)C(=C)C)c4)cc3C)ccc(OC(=O)C(=C)C)c21. The minimum absolute atomic E-state index is 0.274. The van der Waals surface area contributed by atoms with Crippen molar-refractivity contribution in [1.29, 1.82) is 0 Å². The average Bonchev–Trinajstić information content (AvgIpc) is 3.34. The Morgan fingerprint density at radius 3 is 2.17 bits per heavy atom. The molecule has 0 saturated heterocycles. The van der Waals surface area contributed by atoms with Crippen molar-refractivity contribution in [3.8, 4) is 33.8 Å². The Kier molecular flexibility index (Phi) is 8.19. The number of benzene rings is 3. The molecule has 40 heavy (non-hydrogen) atoms. The fraction of sp³-hybridized carbons (Fsp3) is 0.206. The van der Waals surface area contributed by atoms with E-state index in [1.165, 1.54) is 0 Å². The van der Waals surface area contributed by atoms with Gasteiger partial charge in [-0.1, -0.05) is 50.1 Å². The first-order valence-electron chi connectivity index (χ1n) is 13.0. The van der Waals surface area contributed by atoms with E-state index in [4.69, 9.17) is 14.2 Å². The molecule has 6 nitrogen and oxygen atoms in total. The summed E-state index contributed by atoms with van der Waals surface area (Å²) in [5.41, 5.74) is 8.27. The van der Waals surface area contributed by atoms with Gasteiger partial charge in [0, 0.05) is 22.8 Å². The molecule has 1 aliphatic rings. The molecule has 3 aromatic carbocycles. The third kappa shape index (κ3) is 5.81. The summed E-state index contributed by atoms with van der Waals surface area (Å²) in [6, 6.07) is 15.3. The van der Waals surface area contributed by atoms with E-state index in [2.05, 4.69) is 31.9 Å². The van der Waals surface area contributed by atoms with Gasteiger partial charge >= 0.3 is 17.9 Å². The molecule has 0 amide bonds. The van der Waals surface area contributed by atoms with E-state index in [9.17, 15) is 14.4 Å². The van der Waals surface area contributed by atoms with Gasteiger partial charge in [-0.2, -0.15) is 0 Å². The molecule has 0 spiro atoms. The van der Waals surface area contributed by atoms with E-state index < -0.39 is 24.0 Å². The summed E-state index contributed by atoms with van der Waals surface area (Å²) in [5.74, 6) is -0.734. The highest BCUT2D eigenvalue weighted by Gasteiger charge is 2.32. The molecule has 1 atom stereocenters. The molecule has 0 N–H and O–H groups in total. The van der Waals surface area contributed by atoms with Crippen LogP contribution in [0.3, 0.4) is 0 Å². The lowest BCUT2D eigenvalue weighted by Crippen LogP contribution is -2.13. The number of hydrogen-bond acceptors (Lipinski definition) is 6. The summed E-state index contributed by atoms with van der Waals surface area (Å²) in [5, 5.41) is 0. The minimum atomic E-state index is -0.557. The molecule has 3 aromatic rings. The van der Waals surface area contributed by atoms with Crippen molar-refractivity contribution < 1.29 is 28.6 Å². The number of ether oxygens (including phenoxy) is 3. The van der Waals surface area contributed by atoms with E-state index in [0.717, 1.165) is 45.0 Å². The Labute approximate surface area is 234 Å². The highest BCUT2D eigenvalue weighted by Crippen LogP contribution is 2.46. The van der Waals surface area contributed by atoms with E-state index >= 15 is 0 Å². The summed E-state index contributed by atoms with van der Waals surface area (Å²) in [4.78, 5) is 36.4. The first-order valence-corrected chi connectivity index (χ1v) is 13.0. The van der Waals surface area contributed by atoms with Gasteiger partial charge in [-0.25, -0.2) is 14.4 Å². The van der Waals surface area contributed by atoms with Gasteiger partial charge in [0.2, 0.25) is 0 Å². The van der Waals surface area contributed by atoms with Crippen LogP contribution < -0.4 is 9.47 Å². The Balaban J connectivity index is 1.77. The zero-order chi connectivity index (χ0) is 29.1. The monoisotopic (exact) mass is 536 g/mol. The van der Waals surface area contributed by atoms with Crippen LogP contribution in [0.4, 0.5) is 0 Å². The maximum atomic E-state index is 12.4. The van der Waals surface area contributed by atoms with Crippen LogP contribution in [-0.2, 0) is 25.5 Å². The third-order valence-corrected chi connectivity index (χ3v) is 6.84. The normalized spacial score (nSPS) is 13.7. The lowest BCUT2D eigenvalue weighted by atomic mass is 9.88. The van der Waals surface area contributed by atoms with Gasteiger partial charge in [-0.3, -0.25) is 0 Å². The molecule has 0 fully saturated rings. The second-order valence-corrected chi connectivity index (χ2v) is 10.0. The zero-order valence-electron chi connectivity index (χ0n) is 23.3. The smallest absolute Gasteiger partial charge is 0.338 e. The number of rotatable bonds is 8. The highest BCUT2D eigenvalue weighted by molar-refractivity contribution is 5.90. The maximum absolute atomic E-state index is 12.4. The molecule has 0 aromatic heterocycles. The number of fused-ring (bicyclic) bond motifs is 1. The number of esters is 3. The molecular weight excluding hydrogens is 504 g/mol. The summed E-state index contributed by atoms with van der Waals surface area (Å²) in [7, 11) is 0. The molecule has 0 radical (unpaired) electrons. The van der Waals surface area contributed by atoms with Crippen LogP contribution >= 0.6 is 0 Å². The minimum Gasteiger partial charge on any atom is -0.454 e. The molecular formula is C34H32O6. The topological polar surface area (TPSA) is 78.9 Å². The van der Waals surface area contributed by atoms with Gasteiger partial charge in [-0.05, 0) is 97.7 Å². The second kappa shape index (κ2) is 11.6. The summed E-state index contributed by atoms with van der Waals surface area (Å²) >= 11 is 0. The molecule has 0 bridgehead atoms. The molecule has 1 unspecified atom stereocenters. The van der Waals surface area contributed by atoms with Gasteiger partial charge in [0.25, 0.3) is 0 Å². The van der Waals surface area contributed by atoms with E-state index in [1.807, 2.05) is 38.1 Å². The van der Waals surface area contributed by atoms with Crippen molar-refractivity contribution in [2.45, 2.75) is 46.6 Å². The van der Waals surface area contributed by atoms with Crippen LogP contribution in [-0.4, -0.2) is 17.9 Å². The van der Waals surface area contributed by atoms with Crippen molar-refractivity contribution in [2.24, 2.45) is 0 Å². The van der Waals surface area contributed by atoms with Gasteiger partial charge in [0.1, 0.15) is 17.6 Å². The third-order valence-electron chi connectivity index (χ3n) is 6.84. The van der Waals surface area contributed by atoms with Gasteiger partial charge in [0.05, 0.1) is 0 Å². The van der Waals surface area contributed by atoms with E-state index in [0.29, 0.717) is 35.5 Å². The largest absolute Gasteiger partial charge is 0.454 e. The van der Waals surface area contributed by atoms with Gasteiger partial charge in [0.15, 0.2) is 0 Å². The maximum Gasteiger partial charge on any atom is 0.338 e. The van der Waals surface area contributed by atoms with E-state index in [-0.39, 0.29) is 5.57 Å². The highest BCUT2D eigenvalue weighted by atomic mass is 16.6. The van der Waals surface area contributed by atoms with Gasteiger partial charge in [-0.15, -0.1) is 0 Å². The molecule has 6 heteroatoms. The predicted octanol–water partition coefficient (Wildman–Crippen LogP) is 7.32. The van der Waals surface area contributed by atoms with Crippen molar-refractivity contribution >= 4 is 17.9 Å². The Morgan fingerprint density at radius 2 is 1.50 bits per heavy atom. The van der Waals surface area contributed by atoms with Crippen molar-refractivity contribution in [3.05, 3.63) is 108 Å². The standard InChI is InChI=1S/C34H32O6/c1-8-31(35)39-29-15-13-26-25(12-14-30(32(26)29)40-34(37)20(4)5)28-17-21(6)27(16-22(28)7)23-10-9-11-24(18-23)38-33(36)19(2)3/h8-12,14,16-18,29H,1-2,4,13,15H2,3,5-7H3. The number of hydrogen-bond donors (Lipinski definition) is 0. The average molecular weight is 537 g/mol. The Morgan fingerprint density at radius 1 is 0.850 bits per heavy atom. The molecule has 1 aliphatic carbocycles. The Hall–Kier alpha value is -4.71. The molecule has 4 rings (SSSR count). The van der Waals surface area contributed by atoms with E-state index in [1.54, 1.807) is 26.0 Å². The summed E-state index contributed by atoms with van der Waals surface area (Å²) in [6.45, 7) is 18.1. The quantitative estimate of drug-likeness (QED) is 0.171. The first-order chi connectivity index (χ1) is 19.0. The summed E-state index contributed by atoms with van der Waals surface area (Å²) < 4.78 is 16.7. The Bertz CT molecular complexity index is 1580. The van der Waals surface area contributed by atoms with Crippen molar-refractivity contribution in [2.75, 3.05) is 0 Å². The number of carbonyl (C=O) groups excluding carboxylic acids is 3. The van der Waals surface area contributed by atoms with Crippen LogP contribution in [0.5, 0.6) is 11.5 Å². The van der Waals surface area contributed by atoms with Crippen LogP contribution in [0.15, 0.2) is 85.5 Å². The lowest BCUT2D eigenvalue weighted by Gasteiger charge is -2.19. The van der Waals surface area contributed by atoms with Crippen LogP contribution in [0.25, 0.3) is 22.3 Å². The second-order valence-electron chi connectivity index (χ2n) is 10.0. The molecule has 204 valence electrons. The van der Waals surface area contributed by atoms with Crippen molar-refractivity contribution in [1.82, 2.24) is 0 Å². The molecule has 0 saturated carbocycles. The number of aryl methyl sites for hydroxylation is 2. The lowest BCUT2D eigenvalue weighted by molar-refractivity contribution is -0.143. The number of carbonyl (C=O) groups is 3. The van der Waals surface area contributed by atoms with Gasteiger partial charge < -0.3 is 14.2 Å². The molecule has 0 heterocycles. The fourth-order valence-corrected chi connectivity index (χ4v) is 4.86. The molecule has 0 aliphatic heterocycles. The predicted molar refractivity (Wildman–Crippen MR) is 155 cm³/mol. The fourth-order valence-electron chi connectivity index (χ4n) is 4.86. The zero-order valence-corrected chi connectivity index (χ0v) is 23.3. The van der Waals surface area contributed by atoms with Crippen molar-refractivity contribution in [3.63, 3.8) is 0 Å². The van der Waals surface area contributed by atoms with Crippen LogP contribution in [0, 0.1) is 13.8 Å². The summed E-state index contributed by atoms with van der Waals surface area (Å²) in [6.07, 6.45) is 1.78. The van der Waals surface area contributed by atoms with Crippen LogP contribution in [0.1, 0.15) is 48.6 Å².